The molecule has 2 amide bonds. The third kappa shape index (κ3) is 4.30. The van der Waals surface area contributed by atoms with E-state index in [2.05, 4.69) is 4.72 Å². The molecule has 0 aromatic heterocycles. The van der Waals surface area contributed by atoms with E-state index >= 15 is 0 Å². The highest BCUT2D eigenvalue weighted by atomic mass is 32.2. The summed E-state index contributed by atoms with van der Waals surface area (Å²) in [6, 6.07) is -2.53. The van der Waals surface area contributed by atoms with Crippen LogP contribution < -0.4 is 4.72 Å². The normalized spacial score (nSPS) is 25.2. The second-order valence-corrected chi connectivity index (χ2v) is 8.50. The SMILES string of the molecule is CCS(=O)(=O)N[C@@H](C)C(=O)N1CCCC1C(=O)N1CCC[C@H]1C(=O)O. The van der Waals surface area contributed by atoms with Crippen molar-refractivity contribution in [2.45, 2.75) is 57.7 Å². The Morgan fingerprint density at radius 1 is 1.12 bits per heavy atom. The fraction of sp³-hybridized carbons (Fsp3) is 0.800. The molecule has 3 atom stereocenters. The van der Waals surface area contributed by atoms with Crippen molar-refractivity contribution >= 4 is 27.8 Å². The van der Waals surface area contributed by atoms with E-state index in [9.17, 15) is 27.9 Å². The molecule has 0 radical (unpaired) electrons. The molecule has 2 N–H and O–H groups in total. The molecule has 0 aromatic rings. The molecule has 2 fully saturated rings. The molecule has 2 aliphatic rings. The van der Waals surface area contributed by atoms with Crippen molar-refractivity contribution < 1.29 is 27.9 Å². The second kappa shape index (κ2) is 7.69. The van der Waals surface area contributed by atoms with Gasteiger partial charge in [0.15, 0.2) is 0 Å². The summed E-state index contributed by atoms with van der Waals surface area (Å²) < 4.78 is 25.6. The lowest BCUT2D eigenvalue weighted by atomic mass is 10.1. The van der Waals surface area contributed by atoms with Crippen molar-refractivity contribution in [3.63, 3.8) is 0 Å². The highest BCUT2D eigenvalue weighted by Crippen LogP contribution is 2.25. The van der Waals surface area contributed by atoms with Gasteiger partial charge in [-0.25, -0.2) is 17.9 Å². The van der Waals surface area contributed by atoms with Crippen LogP contribution >= 0.6 is 0 Å². The number of likely N-dealkylation sites (tertiary alicyclic amines) is 2. The maximum absolute atomic E-state index is 12.8. The van der Waals surface area contributed by atoms with Gasteiger partial charge in [0.2, 0.25) is 21.8 Å². The summed E-state index contributed by atoms with van der Waals surface area (Å²) in [6.07, 6.45) is 2.12. The molecule has 0 saturated carbocycles. The Hall–Kier alpha value is -1.68. The zero-order valence-corrected chi connectivity index (χ0v) is 15.3. The van der Waals surface area contributed by atoms with Crippen molar-refractivity contribution in [3.05, 3.63) is 0 Å². The van der Waals surface area contributed by atoms with Crippen LogP contribution in [0.3, 0.4) is 0 Å². The minimum atomic E-state index is -3.54. The number of carbonyl (C=O) groups excluding carboxylic acids is 2. The van der Waals surface area contributed by atoms with Gasteiger partial charge in [-0.3, -0.25) is 9.59 Å². The minimum absolute atomic E-state index is 0.138. The lowest BCUT2D eigenvalue weighted by Crippen LogP contribution is -2.54. The number of aliphatic carboxylic acids is 1. The molecule has 142 valence electrons. The molecule has 25 heavy (non-hydrogen) atoms. The van der Waals surface area contributed by atoms with Gasteiger partial charge in [0, 0.05) is 13.1 Å². The molecule has 2 aliphatic heterocycles. The summed E-state index contributed by atoms with van der Waals surface area (Å²) in [7, 11) is -3.54. The number of carboxylic acid groups (broad SMARTS) is 1. The predicted octanol–water partition coefficient (Wildman–Crippen LogP) is -0.619. The summed E-state index contributed by atoms with van der Waals surface area (Å²) in [5, 5.41) is 9.24. The van der Waals surface area contributed by atoms with Gasteiger partial charge in [-0.05, 0) is 39.5 Å². The Kier molecular flexibility index (Phi) is 6.04. The number of carboxylic acids is 1. The monoisotopic (exact) mass is 375 g/mol. The summed E-state index contributed by atoms with van der Waals surface area (Å²) in [6.45, 7) is 3.65. The second-order valence-electron chi connectivity index (χ2n) is 6.46. The predicted molar refractivity (Wildman–Crippen MR) is 89.2 cm³/mol. The summed E-state index contributed by atoms with van der Waals surface area (Å²) in [5.41, 5.74) is 0. The molecule has 9 nitrogen and oxygen atoms in total. The van der Waals surface area contributed by atoms with Gasteiger partial charge >= 0.3 is 5.97 Å². The molecular weight excluding hydrogens is 350 g/mol. The number of sulfonamides is 1. The van der Waals surface area contributed by atoms with Crippen LogP contribution in [-0.4, -0.2) is 78.1 Å². The molecule has 2 saturated heterocycles. The third-order valence-corrected chi connectivity index (χ3v) is 6.22. The standard InChI is InChI=1S/C15H25N3O6S/c1-3-25(23,24)16-10(2)13(19)17-8-4-6-11(17)14(20)18-9-5-7-12(18)15(21)22/h10-12,16H,3-9H2,1-2H3,(H,21,22)/t10-,11?,12-/m0/s1. The van der Waals surface area contributed by atoms with E-state index in [0.717, 1.165) is 0 Å². The highest BCUT2D eigenvalue weighted by Gasteiger charge is 2.43. The van der Waals surface area contributed by atoms with Gasteiger partial charge in [-0.15, -0.1) is 0 Å². The maximum Gasteiger partial charge on any atom is 0.326 e. The summed E-state index contributed by atoms with van der Waals surface area (Å²) in [5.74, 6) is -1.99. The van der Waals surface area contributed by atoms with Gasteiger partial charge in [0.1, 0.15) is 12.1 Å². The zero-order chi connectivity index (χ0) is 18.8. The third-order valence-electron chi connectivity index (χ3n) is 4.75. The van der Waals surface area contributed by atoms with E-state index in [0.29, 0.717) is 38.8 Å². The molecule has 0 aromatic carbocycles. The Labute approximate surface area is 147 Å². The largest absolute Gasteiger partial charge is 0.480 e. The average molecular weight is 375 g/mol. The van der Waals surface area contributed by atoms with Crippen LogP contribution in [0.2, 0.25) is 0 Å². The Bertz CT molecular complexity index is 650. The van der Waals surface area contributed by atoms with Gasteiger partial charge in [0.05, 0.1) is 11.8 Å². The van der Waals surface area contributed by atoms with E-state index in [4.69, 9.17) is 0 Å². The zero-order valence-electron chi connectivity index (χ0n) is 14.5. The Morgan fingerprint density at radius 2 is 1.68 bits per heavy atom. The number of hydrogen-bond acceptors (Lipinski definition) is 5. The lowest BCUT2D eigenvalue weighted by molar-refractivity contribution is -0.152. The molecule has 2 heterocycles. The van der Waals surface area contributed by atoms with E-state index in [1.165, 1.54) is 23.6 Å². The fourth-order valence-electron chi connectivity index (χ4n) is 3.42. The topological polar surface area (TPSA) is 124 Å². The summed E-state index contributed by atoms with van der Waals surface area (Å²) in [4.78, 5) is 39.4. The van der Waals surface area contributed by atoms with Crippen LogP contribution in [0.5, 0.6) is 0 Å². The first-order chi connectivity index (χ1) is 11.7. The van der Waals surface area contributed by atoms with E-state index < -0.39 is 40.0 Å². The minimum Gasteiger partial charge on any atom is -0.480 e. The van der Waals surface area contributed by atoms with Crippen LogP contribution in [0.4, 0.5) is 0 Å². The Morgan fingerprint density at radius 3 is 2.24 bits per heavy atom. The van der Waals surface area contributed by atoms with Crippen LogP contribution in [0.25, 0.3) is 0 Å². The lowest BCUT2D eigenvalue weighted by Gasteiger charge is -2.31. The van der Waals surface area contributed by atoms with Gasteiger partial charge < -0.3 is 14.9 Å². The molecule has 0 spiro atoms. The van der Waals surface area contributed by atoms with Crippen LogP contribution in [0.15, 0.2) is 0 Å². The van der Waals surface area contributed by atoms with Crippen molar-refractivity contribution in [2.75, 3.05) is 18.8 Å². The highest BCUT2D eigenvalue weighted by molar-refractivity contribution is 7.89. The van der Waals surface area contributed by atoms with Crippen LogP contribution in [0.1, 0.15) is 39.5 Å². The van der Waals surface area contributed by atoms with Crippen molar-refractivity contribution in [3.8, 4) is 0 Å². The maximum atomic E-state index is 12.8. The quantitative estimate of drug-likeness (QED) is 0.638. The number of nitrogens with zero attached hydrogens (tertiary/aromatic N) is 2. The van der Waals surface area contributed by atoms with Gasteiger partial charge in [-0.1, -0.05) is 0 Å². The first-order valence-electron chi connectivity index (χ1n) is 8.51. The number of hydrogen-bond donors (Lipinski definition) is 2. The smallest absolute Gasteiger partial charge is 0.326 e. The number of nitrogens with one attached hydrogen (secondary N) is 1. The van der Waals surface area contributed by atoms with Crippen LogP contribution in [-0.2, 0) is 24.4 Å². The summed E-state index contributed by atoms with van der Waals surface area (Å²) >= 11 is 0. The van der Waals surface area contributed by atoms with E-state index in [-0.39, 0.29) is 11.7 Å². The number of amides is 2. The fourth-order valence-corrected chi connectivity index (χ4v) is 4.22. The number of rotatable bonds is 6. The van der Waals surface area contributed by atoms with Gasteiger partial charge in [-0.2, -0.15) is 0 Å². The van der Waals surface area contributed by atoms with E-state index in [1.54, 1.807) is 0 Å². The molecule has 2 rings (SSSR count). The molecule has 1 unspecified atom stereocenters. The first-order valence-corrected chi connectivity index (χ1v) is 10.2. The first kappa shape index (κ1) is 19.6. The molecule has 0 bridgehead atoms. The molecule has 0 aliphatic carbocycles. The Balaban J connectivity index is 2.10. The molecule has 10 heteroatoms. The van der Waals surface area contributed by atoms with Crippen molar-refractivity contribution in [1.82, 2.24) is 14.5 Å². The van der Waals surface area contributed by atoms with Crippen LogP contribution in [0, 0.1) is 0 Å². The van der Waals surface area contributed by atoms with Gasteiger partial charge in [0.25, 0.3) is 0 Å². The average Bonchev–Trinajstić information content (AvgIpc) is 3.22. The van der Waals surface area contributed by atoms with E-state index in [1.807, 2.05) is 0 Å². The van der Waals surface area contributed by atoms with Crippen molar-refractivity contribution in [1.29, 1.82) is 0 Å². The number of carbonyl (C=O) groups is 3. The van der Waals surface area contributed by atoms with Crippen molar-refractivity contribution in [2.24, 2.45) is 0 Å². The molecular formula is C15H25N3O6S.